The first-order valence-corrected chi connectivity index (χ1v) is 5.87. The van der Waals surface area contributed by atoms with Crippen LogP contribution < -0.4 is 4.90 Å². The number of halogens is 2. The van der Waals surface area contributed by atoms with Gasteiger partial charge in [-0.3, -0.25) is 14.9 Å². The van der Waals surface area contributed by atoms with Gasteiger partial charge in [-0.1, -0.05) is 0 Å². The summed E-state index contributed by atoms with van der Waals surface area (Å²) in [6.45, 7) is 0. The van der Waals surface area contributed by atoms with Crippen LogP contribution in [0.3, 0.4) is 0 Å². The number of rotatable bonds is 3. The summed E-state index contributed by atoms with van der Waals surface area (Å²) in [5.41, 5.74) is -0.526. The van der Waals surface area contributed by atoms with Gasteiger partial charge >= 0.3 is 0 Å². The Morgan fingerprint density at radius 1 is 1.10 bits per heavy atom. The van der Waals surface area contributed by atoms with E-state index in [1.54, 1.807) is 0 Å². The van der Waals surface area contributed by atoms with Gasteiger partial charge in [0.05, 0.1) is 4.92 Å². The predicted octanol–water partition coefficient (Wildman–Crippen LogP) is 3.15. The third kappa shape index (κ3) is 3.02. The smallest absolute Gasteiger partial charge is 0.282 e. The van der Waals surface area contributed by atoms with Crippen LogP contribution in [0.1, 0.15) is 10.4 Å². The lowest BCUT2D eigenvalue weighted by atomic mass is 10.1. The molecule has 2 aromatic rings. The summed E-state index contributed by atoms with van der Waals surface area (Å²) in [4.78, 5) is 23.5. The molecule has 21 heavy (non-hydrogen) atoms. The second-order valence-electron chi connectivity index (χ2n) is 4.26. The Hall–Kier alpha value is -2.83. The van der Waals surface area contributed by atoms with Crippen LogP contribution in [0, 0.1) is 21.7 Å². The van der Waals surface area contributed by atoms with E-state index in [-0.39, 0.29) is 5.56 Å². The summed E-state index contributed by atoms with van der Waals surface area (Å²) in [6.07, 6.45) is 0. The van der Waals surface area contributed by atoms with Crippen LogP contribution in [0.4, 0.5) is 20.2 Å². The van der Waals surface area contributed by atoms with Gasteiger partial charge in [-0.25, -0.2) is 8.78 Å². The number of nitro benzene ring substituents is 1. The van der Waals surface area contributed by atoms with E-state index in [2.05, 4.69) is 0 Å². The molecule has 0 heterocycles. The summed E-state index contributed by atoms with van der Waals surface area (Å²) >= 11 is 0. The first-order valence-electron chi connectivity index (χ1n) is 5.87. The van der Waals surface area contributed by atoms with E-state index in [9.17, 15) is 23.7 Å². The first kappa shape index (κ1) is 14.6. The molecule has 0 fully saturated rings. The van der Waals surface area contributed by atoms with Crippen molar-refractivity contribution in [3.8, 4) is 0 Å². The molecule has 0 bridgehead atoms. The fraction of sp³-hybridized carbons (Fsp3) is 0.0714. The lowest BCUT2D eigenvalue weighted by molar-refractivity contribution is -0.385. The number of hydrogen-bond acceptors (Lipinski definition) is 3. The summed E-state index contributed by atoms with van der Waals surface area (Å²) in [7, 11) is 1.37. The van der Waals surface area contributed by atoms with E-state index in [1.165, 1.54) is 19.2 Å². The summed E-state index contributed by atoms with van der Waals surface area (Å²) in [5.74, 6) is -1.99. The Bertz CT molecular complexity index is 702. The van der Waals surface area contributed by atoms with E-state index in [0.717, 1.165) is 35.2 Å². The van der Waals surface area contributed by atoms with Gasteiger partial charge in [0.25, 0.3) is 11.6 Å². The molecule has 7 heteroatoms. The van der Waals surface area contributed by atoms with Crippen molar-refractivity contribution in [3.63, 3.8) is 0 Å². The molecule has 0 saturated heterocycles. The van der Waals surface area contributed by atoms with Gasteiger partial charge in [0.15, 0.2) is 0 Å². The molecule has 0 spiro atoms. The molecule has 0 unspecified atom stereocenters. The fourth-order valence-corrected chi connectivity index (χ4v) is 1.80. The quantitative estimate of drug-likeness (QED) is 0.645. The van der Waals surface area contributed by atoms with Crippen molar-refractivity contribution < 1.29 is 18.5 Å². The molecule has 2 rings (SSSR count). The molecule has 2 aromatic carbocycles. The molecular weight excluding hydrogens is 282 g/mol. The maximum absolute atomic E-state index is 13.2. The topological polar surface area (TPSA) is 63.5 Å². The average Bonchev–Trinajstić information content (AvgIpc) is 2.46. The molecule has 108 valence electrons. The lowest BCUT2D eigenvalue weighted by Gasteiger charge is -2.17. The first-order chi connectivity index (χ1) is 9.90. The molecule has 0 aliphatic rings. The van der Waals surface area contributed by atoms with Crippen molar-refractivity contribution in [2.45, 2.75) is 0 Å². The Balaban J connectivity index is 2.41. The van der Waals surface area contributed by atoms with Crippen LogP contribution in [-0.2, 0) is 0 Å². The van der Waals surface area contributed by atoms with Crippen molar-refractivity contribution in [2.75, 3.05) is 11.9 Å². The Morgan fingerprint density at radius 3 is 2.24 bits per heavy atom. The van der Waals surface area contributed by atoms with E-state index < -0.39 is 28.2 Å². The minimum Gasteiger partial charge on any atom is -0.311 e. The fourth-order valence-electron chi connectivity index (χ4n) is 1.80. The van der Waals surface area contributed by atoms with Crippen LogP contribution in [0.2, 0.25) is 0 Å². The highest BCUT2D eigenvalue weighted by atomic mass is 19.1. The average molecular weight is 292 g/mol. The number of hydrogen-bond donors (Lipinski definition) is 0. The lowest BCUT2D eigenvalue weighted by Crippen LogP contribution is -2.27. The maximum Gasteiger partial charge on any atom is 0.282 e. The molecular formula is C14H10F2N2O3. The van der Waals surface area contributed by atoms with Gasteiger partial charge in [-0.15, -0.1) is 0 Å². The van der Waals surface area contributed by atoms with Gasteiger partial charge in [0.1, 0.15) is 17.2 Å². The number of amides is 1. The van der Waals surface area contributed by atoms with Crippen molar-refractivity contribution in [2.24, 2.45) is 0 Å². The summed E-state index contributed by atoms with van der Waals surface area (Å²) < 4.78 is 26.1. The van der Waals surface area contributed by atoms with E-state index in [0.29, 0.717) is 5.69 Å². The van der Waals surface area contributed by atoms with Gasteiger partial charge in [0, 0.05) is 18.8 Å². The number of benzene rings is 2. The van der Waals surface area contributed by atoms with Gasteiger partial charge in [-0.05, 0) is 36.4 Å². The third-order valence-electron chi connectivity index (χ3n) is 2.90. The standard InChI is InChI=1S/C14H10F2N2O3/c1-17(11-5-2-9(15)3-6-11)14(19)12-8-10(16)4-7-13(12)18(20)21/h2-8H,1H3. The Kier molecular flexibility index (Phi) is 3.93. The second-order valence-corrected chi connectivity index (χ2v) is 4.26. The highest BCUT2D eigenvalue weighted by Crippen LogP contribution is 2.23. The zero-order valence-electron chi connectivity index (χ0n) is 10.9. The number of anilines is 1. The molecule has 0 aliphatic heterocycles. The molecule has 5 nitrogen and oxygen atoms in total. The monoisotopic (exact) mass is 292 g/mol. The number of carbonyl (C=O) groups excluding carboxylic acids is 1. The molecule has 1 amide bonds. The highest BCUT2D eigenvalue weighted by Gasteiger charge is 2.24. The molecule has 0 radical (unpaired) electrons. The van der Waals surface area contributed by atoms with Crippen molar-refractivity contribution in [1.82, 2.24) is 0 Å². The molecule has 0 aromatic heterocycles. The molecule has 0 saturated carbocycles. The third-order valence-corrected chi connectivity index (χ3v) is 2.90. The van der Waals surface area contributed by atoms with Gasteiger partial charge < -0.3 is 4.90 Å². The van der Waals surface area contributed by atoms with Crippen LogP contribution >= 0.6 is 0 Å². The van der Waals surface area contributed by atoms with Crippen LogP contribution in [0.5, 0.6) is 0 Å². The molecule has 0 aliphatic carbocycles. The minimum absolute atomic E-state index is 0.333. The molecule has 0 atom stereocenters. The SMILES string of the molecule is CN(C(=O)c1cc(F)ccc1[N+](=O)[O-])c1ccc(F)cc1. The van der Waals surface area contributed by atoms with Crippen LogP contribution in [0.25, 0.3) is 0 Å². The zero-order valence-corrected chi connectivity index (χ0v) is 10.9. The van der Waals surface area contributed by atoms with Gasteiger partial charge in [-0.2, -0.15) is 0 Å². The van der Waals surface area contributed by atoms with E-state index in [1.807, 2.05) is 0 Å². The second kappa shape index (κ2) is 5.66. The van der Waals surface area contributed by atoms with E-state index in [4.69, 9.17) is 0 Å². The highest BCUT2D eigenvalue weighted by molar-refractivity contribution is 6.08. The summed E-state index contributed by atoms with van der Waals surface area (Å²) in [5, 5.41) is 10.9. The normalized spacial score (nSPS) is 10.2. The van der Waals surface area contributed by atoms with Crippen molar-refractivity contribution in [3.05, 3.63) is 69.8 Å². The van der Waals surface area contributed by atoms with Crippen molar-refractivity contribution in [1.29, 1.82) is 0 Å². The Labute approximate surface area is 118 Å². The number of nitrogens with zero attached hydrogens (tertiary/aromatic N) is 2. The Morgan fingerprint density at radius 2 is 1.67 bits per heavy atom. The van der Waals surface area contributed by atoms with Crippen LogP contribution in [0.15, 0.2) is 42.5 Å². The van der Waals surface area contributed by atoms with Crippen LogP contribution in [-0.4, -0.2) is 17.9 Å². The zero-order chi connectivity index (χ0) is 15.6. The predicted molar refractivity (Wildman–Crippen MR) is 72.2 cm³/mol. The van der Waals surface area contributed by atoms with Gasteiger partial charge in [0.2, 0.25) is 0 Å². The van der Waals surface area contributed by atoms with Crippen molar-refractivity contribution >= 4 is 17.3 Å². The minimum atomic E-state index is -0.759. The summed E-state index contributed by atoms with van der Waals surface area (Å²) in [6, 6.07) is 7.64. The number of carbonyl (C=O) groups is 1. The number of nitro groups is 1. The largest absolute Gasteiger partial charge is 0.311 e. The molecule has 0 N–H and O–H groups in total. The van der Waals surface area contributed by atoms with E-state index >= 15 is 0 Å². The maximum atomic E-state index is 13.2.